The summed E-state index contributed by atoms with van der Waals surface area (Å²) < 4.78 is 0. The number of nitrogens with one attached hydrogen (secondary N) is 2. The maximum absolute atomic E-state index is 11.1. The van der Waals surface area contributed by atoms with Crippen LogP contribution in [0.25, 0.3) is 0 Å². The summed E-state index contributed by atoms with van der Waals surface area (Å²) in [5.41, 5.74) is 2.24. The third kappa shape index (κ3) is 3.59. The monoisotopic (exact) mass is 303 g/mol. The molecule has 3 rings (SSSR count). The fraction of sp³-hybridized carbons (Fsp3) is 0.500. The van der Waals surface area contributed by atoms with Gasteiger partial charge in [-0.25, -0.2) is 0 Å². The minimum absolute atomic E-state index is 0.0558. The Morgan fingerprint density at radius 3 is 2.71 bits per heavy atom. The SMILES string of the molecule is CC(=O)Nc1cccc(NC2=NCC3(CCCC3)CS2)c1. The Morgan fingerprint density at radius 1 is 1.29 bits per heavy atom. The van der Waals surface area contributed by atoms with Gasteiger partial charge in [0.25, 0.3) is 0 Å². The van der Waals surface area contributed by atoms with E-state index in [1.807, 2.05) is 36.0 Å². The summed E-state index contributed by atoms with van der Waals surface area (Å²) in [6, 6.07) is 7.74. The van der Waals surface area contributed by atoms with Gasteiger partial charge in [-0.2, -0.15) is 0 Å². The van der Waals surface area contributed by atoms with E-state index in [4.69, 9.17) is 4.99 Å². The largest absolute Gasteiger partial charge is 0.335 e. The molecule has 2 N–H and O–H groups in total. The van der Waals surface area contributed by atoms with Gasteiger partial charge in [0, 0.05) is 30.6 Å². The van der Waals surface area contributed by atoms with Gasteiger partial charge in [0.15, 0.2) is 5.17 Å². The van der Waals surface area contributed by atoms with Crippen LogP contribution in [0.5, 0.6) is 0 Å². The third-order valence-corrected chi connectivity index (χ3v) is 5.43. The van der Waals surface area contributed by atoms with Gasteiger partial charge in [0.1, 0.15) is 0 Å². The molecule has 1 amide bonds. The standard InChI is InChI=1S/C16H21N3OS/c1-12(20)18-13-5-4-6-14(9-13)19-15-17-10-16(11-21-15)7-2-3-8-16/h4-6,9H,2-3,7-8,10-11H2,1H3,(H,17,19)(H,18,20). The Bertz CT molecular complexity index is 564. The van der Waals surface area contributed by atoms with Gasteiger partial charge in [-0.15, -0.1) is 0 Å². The van der Waals surface area contributed by atoms with Crippen molar-refractivity contribution in [2.75, 3.05) is 22.9 Å². The number of thioether (sulfide) groups is 1. The van der Waals surface area contributed by atoms with Crippen LogP contribution < -0.4 is 10.6 Å². The lowest BCUT2D eigenvalue weighted by molar-refractivity contribution is -0.114. The smallest absolute Gasteiger partial charge is 0.221 e. The highest BCUT2D eigenvalue weighted by molar-refractivity contribution is 8.14. The van der Waals surface area contributed by atoms with E-state index in [0.717, 1.165) is 23.1 Å². The molecule has 2 aliphatic rings. The second kappa shape index (κ2) is 6.10. The van der Waals surface area contributed by atoms with Crippen LogP contribution in [0.3, 0.4) is 0 Å². The quantitative estimate of drug-likeness (QED) is 0.875. The van der Waals surface area contributed by atoms with E-state index >= 15 is 0 Å². The third-order valence-electron chi connectivity index (χ3n) is 4.17. The van der Waals surface area contributed by atoms with Crippen molar-refractivity contribution < 1.29 is 4.79 Å². The van der Waals surface area contributed by atoms with Gasteiger partial charge < -0.3 is 10.6 Å². The zero-order chi connectivity index (χ0) is 14.7. The average Bonchev–Trinajstić information content (AvgIpc) is 2.90. The van der Waals surface area contributed by atoms with Gasteiger partial charge >= 0.3 is 0 Å². The van der Waals surface area contributed by atoms with Crippen molar-refractivity contribution in [2.24, 2.45) is 10.4 Å². The Labute approximate surface area is 129 Å². The second-order valence-electron chi connectivity index (χ2n) is 6.00. The highest BCUT2D eigenvalue weighted by atomic mass is 32.2. The number of carbonyl (C=O) groups is 1. The lowest BCUT2D eigenvalue weighted by atomic mass is 9.89. The minimum Gasteiger partial charge on any atom is -0.335 e. The van der Waals surface area contributed by atoms with Gasteiger partial charge in [-0.05, 0) is 36.5 Å². The van der Waals surface area contributed by atoms with Crippen LogP contribution in [0.15, 0.2) is 29.3 Å². The van der Waals surface area contributed by atoms with E-state index in [9.17, 15) is 4.79 Å². The van der Waals surface area contributed by atoms with Crippen LogP contribution in [0.2, 0.25) is 0 Å². The topological polar surface area (TPSA) is 53.5 Å². The number of amidine groups is 1. The molecular formula is C16H21N3OS. The van der Waals surface area contributed by atoms with Crippen molar-refractivity contribution in [1.82, 2.24) is 0 Å². The number of rotatable bonds is 2. The summed E-state index contributed by atoms with van der Waals surface area (Å²) in [6.07, 6.45) is 5.37. The van der Waals surface area contributed by atoms with Crippen LogP contribution in [-0.2, 0) is 4.79 Å². The Kier molecular flexibility index (Phi) is 4.19. The fourth-order valence-electron chi connectivity index (χ4n) is 3.06. The summed E-state index contributed by atoms with van der Waals surface area (Å²) in [6.45, 7) is 2.47. The molecule has 0 radical (unpaired) electrons. The first kappa shape index (κ1) is 14.4. The van der Waals surface area contributed by atoms with E-state index in [1.165, 1.54) is 38.4 Å². The predicted molar refractivity (Wildman–Crippen MR) is 90.0 cm³/mol. The zero-order valence-corrected chi connectivity index (χ0v) is 13.1. The van der Waals surface area contributed by atoms with E-state index in [1.54, 1.807) is 0 Å². The molecule has 112 valence electrons. The van der Waals surface area contributed by atoms with Gasteiger partial charge in [-0.1, -0.05) is 30.7 Å². The lowest BCUT2D eigenvalue weighted by Gasteiger charge is -2.31. The number of hydrogen-bond donors (Lipinski definition) is 2. The summed E-state index contributed by atoms with van der Waals surface area (Å²) in [4.78, 5) is 15.8. The van der Waals surface area contributed by atoms with Crippen molar-refractivity contribution in [3.05, 3.63) is 24.3 Å². The Hall–Kier alpha value is -1.49. The van der Waals surface area contributed by atoms with Crippen LogP contribution in [0, 0.1) is 5.41 Å². The molecule has 1 aromatic carbocycles. The molecular weight excluding hydrogens is 282 g/mol. The maximum atomic E-state index is 11.1. The van der Waals surface area contributed by atoms with Crippen molar-refractivity contribution in [3.63, 3.8) is 0 Å². The molecule has 1 aliphatic carbocycles. The van der Waals surface area contributed by atoms with Crippen LogP contribution in [0.1, 0.15) is 32.6 Å². The first-order chi connectivity index (χ1) is 10.2. The lowest BCUT2D eigenvalue weighted by Crippen LogP contribution is -2.30. The number of aliphatic imine (C=N–C) groups is 1. The molecule has 21 heavy (non-hydrogen) atoms. The van der Waals surface area contributed by atoms with Crippen molar-refractivity contribution in [3.8, 4) is 0 Å². The summed E-state index contributed by atoms with van der Waals surface area (Å²) in [5, 5.41) is 7.15. The molecule has 1 aliphatic heterocycles. The Morgan fingerprint density at radius 2 is 2.05 bits per heavy atom. The van der Waals surface area contributed by atoms with Crippen molar-refractivity contribution in [1.29, 1.82) is 0 Å². The first-order valence-corrected chi connectivity index (χ1v) is 8.46. The highest BCUT2D eigenvalue weighted by Crippen LogP contribution is 2.43. The summed E-state index contributed by atoms with van der Waals surface area (Å²) in [7, 11) is 0. The van der Waals surface area contributed by atoms with Gasteiger partial charge in [0.05, 0.1) is 0 Å². The van der Waals surface area contributed by atoms with Crippen LogP contribution >= 0.6 is 11.8 Å². The molecule has 0 bridgehead atoms. The Balaban J connectivity index is 1.64. The molecule has 5 heteroatoms. The molecule has 1 saturated carbocycles. The fourth-order valence-corrected chi connectivity index (χ4v) is 4.23. The molecule has 0 saturated heterocycles. The molecule has 1 spiro atoms. The number of benzene rings is 1. The number of anilines is 2. The molecule has 0 unspecified atom stereocenters. The van der Waals surface area contributed by atoms with Crippen molar-refractivity contribution in [2.45, 2.75) is 32.6 Å². The van der Waals surface area contributed by atoms with Crippen molar-refractivity contribution >= 4 is 34.2 Å². The second-order valence-corrected chi connectivity index (χ2v) is 6.97. The molecule has 0 atom stereocenters. The average molecular weight is 303 g/mol. The zero-order valence-electron chi connectivity index (χ0n) is 12.3. The minimum atomic E-state index is -0.0558. The van der Waals surface area contributed by atoms with Gasteiger partial charge in [-0.3, -0.25) is 9.79 Å². The molecule has 1 heterocycles. The predicted octanol–water partition coefficient (Wildman–Crippen LogP) is 3.72. The van der Waals surface area contributed by atoms with E-state index in [-0.39, 0.29) is 5.91 Å². The number of hydrogen-bond acceptors (Lipinski definition) is 4. The number of amides is 1. The van der Waals surface area contributed by atoms with E-state index in [2.05, 4.69) is 10.6 Å². The van der Waals surface area contributed by atoms with E-state index < -0.39 is 0 Å². The van der Waals surface area contributed by atoms with Crippen LogP contribution in [-0.4, -0.2) is 23.4 Å². The maximum Gasteiger partial charge on any atom is 0.221 e. The normalized spacial score (nSPS) is 20.1. The molecule has 1 fully saturated rings. The molecule has 4 nitrogen and oxygen atoms in total. The molecule has 1 aromatic rings. The number of nitrogens with zero attached hydrogens (tertiary/aromatic N) is 1. The van der Waals surface area contributed by atoms with Gasteiger partial charge in [0.2, 0.25) is 5.91 Å². The van der Waals surface area contributed by atoms with E-state index in [0.29, 0.717) is 5.41 Å². The van der Waals surface area contributed by atoms with Crippen LogP contribution in [0.4, 0.5) is 11.4 Å². The highest BCUT2D eigenvalue weighted by Gasteiger charge is 2.36. The summed E-state index contributed by atoms with van der Waals surface area (Å²) in [5.74, 6) is 1.12. The number of carbonyl (C=O) groups excluding carboxylic acids is 1. The first-order valence-electron chi connectivity index (χ1n) is 7.47. The molecule has 0 aromatic heterocycles. The summed E-state index contributed by atoms with van der Waals surface area (Å²) >= 11 is 1.83.